The first kappa shape index (κ1) is 16.2. The molecule has 1 aromatic carbocycles. The van der Waals surface area contributed by atoms with Gasteiger partial charge in [0, 0.05) is 13.2 Å². The maximum absolute atomic E-state index is 12.4. The van der Waals surface area contributed by atoms with Gasteiger partial charge < -0.3 is 14.6 Å². The Balaban J connectivity index is 2.14. The molecule has 0 radical (unpaired) electrons. The van der Waals surface area contributed by atoms with Crippen molar-refractivity contribution in [1.29, 1.82) is 0 Å². The number of aliphatic hydroxyl groups excluding tert-OH is 1. The summed E-state index contributed by atoms with van der Waals surface area (Å²) in [6.07, 6.45) is 1.91. The number of sulfonamides is 1. The molecule has 1 heterocycles. The van der Waals surface area contributed by atoms with Crippen LogP contribution < -0.4 is 9.46 Å². The van der Waals surface area contributed by atoms with Crippen molar-refractivity contribution in [3.63, 3.8) is 0 Å². The zero-order chi connectivity index (χ0) is 15.3. The number of rotatable bonds is 6. The van der Waals surface area contributed by atoms with Crippen molar-refractivity contribution < 1.29 is 23.0 Å². The van der Waals surface area contributed by atoms with Crippen molar-refractivity contribution in [2.24, 2.45) is 5.92 Å². The third-order valence-corrected chi connectivity index (χ3v) is 4.96. The molecule has 1 aliphatic heterocycles. The third kappa shape index (κ3) is 4.16. The van der Waals surface area contributed by atoms with Crippen molar-refractivity contribution >= 4 is 10.0 Å². The SMILES string of the molecule is COc1ccc(CO)cc1S(=O)(=O)NCC1CCCOC1. The van der Waals surface area contributed by atoms with Gasteiger partial charge in [-0.1, -0.05) is 6.07 Å². The predicted octanol–water partition coefficient (Wildman–Crippen LogP) is 0.892. The predicted molar refractivity (Wildman–Crippen MR) is 77.6 cm³/mol. The van der Waals surface area contributed by atoms with Gasteiger partial charge in [-0.2, -0.15) is 0 Å². The first-order valence-electron chi connectivity index (χ1n) is 6.92. The van der Waals surface area contributed by atoms with Crippen molar-refractivity contribution in [3.05, 3.63) is 23.8 Å². The summed E-state index contributed by atoms with van der Waals surface area (Å²) in [5.74, 6) is 0.458. The molecule has 1 fully saturated rings. The van der Waals surface area contributed by atoms with Crippen LogP contribution in [0, 0.1) is 5.92 Å². The Hall–Kier alpha value is -1.15. The molecule has 21 heavy (non-hydrogen) atoms. The van der Waals surface area contributed by atoms with E-state index in [0.717, 1.165) is 19.4 Å². The highest BCUT2D eigenvalue weighted by molar-refractivity contribution is 7.89. The average molecular weight is 315 g/mol. The minimum Gasteiger partial charge on any atom is -0.495 e. The quantitative estimate of drug-likeness (QED) is 0.814. The molecule has 1 aromatic rings. The molecule has 1 atom stereocenters. The lowest BCUT2D eigenvalue weighted by Gasteiger charge is -2.22. The molecule has 2 rings (SSSR count). The molecule has 6 nitrogen and oxygen atoms in total. The van der Waals surface area contributed by atoms with E-state index in [0.29, 0.717) is 18.7 Å². The number of methoxy groups -OCH3 is 1. The zero-order valence-corrected chi connectivity index (χ0v) is 12.9. The second-order valence-corrected chi connectivity index (χ2v) is 6.81. The third-order valence-electron chi connectivity index (χ3n) is 3.52. The fraction of sp³-hybridized carbons (Fsp3) is 0.571. The molecule has 0 bridgehead atoms. The Morgan fingerprint density at radius 1 is 1.48 bits per heavy atom. The topological polar surface area (TPSA) is 84.9 Å². The molecule has 1 aliphatic rings. The lowest BCUT2D eigenvalue weighted by atomic mass is 10.0. The summed E-state index contributed by atoms with van der Waals surface area (Å²) in [4.78, 5) is 0.0493. The first-order valence-corrected chi connectivity index (χ1v) is 8.40. The molecule has 0 amide bonds. The summed E-state index contributed by atoms with van der Waals surface area (Å²) in [5, 5.41) is 9.15. The fourth-order valence-corrected chi connectivity index (χ4v) is 3.64. The van der Waals surface area contributed by atoms with Crippen LogP contribution in [-0.2, 0) is 21.4 Å². The van der Waals surface area contributed by atoms with E-state index in [1.165, 1.54) is 13.2 Å². The first-order chi connectivity index (χ1) is 10.1. The normalized spacial score (nSPS) is 19.4. The van der Waals surface area contributed by atoms with Gasteiger partial charge in [0.15, 0.2) is 0 Å². The molecule has 2 N–H and O–H groups in total. The maximum Gasteiger partial charge on any atom is 0.244 e. The number of benzene rings is 1. The van der Waals surface area contributed by atoms with Gasteiger partial charge in [-0.25, -0.2) is 13.1 Å². The molecule has 1 saturated heterocycles. The maximum atomic E-state index is 12.4. The van der Waals surface area contributed by atoms with Crippen LogP contribution in [0.3, 0.4) is 0 Å². The minimum absolute atomic E-state index is 0.0493. The van der Waals surface area contributed by atoms with E-state index in [2.05, 4.69) is 4.72 Å². The Labute approximate surface area is 125 Å². The number of nitrogens with one attached hydrogen (secondary N) is 1. The van der Waals surface area contributed by atoms with Gasteiger partial charge in [0.05, 0.1) is 20.3 Å². The van der Waals surface area contributed by atoms with E-state index in [4.69, 9.17) is 14.6 Å². The summed E-state index contributed by atoms with van der Waals surface area (Å²) in [6, 6.07) is 4.61. The second kappa shape index (κ2) is 7.22. The van der Waals surface area contributed by atoms with E-state index in [9.17, 15) is 8.42 Å². The Morgan fingerprint density at radius 2 is 2.29 bits per heavy atom. The lowest BCUT2D eigenvalue weighted by molar-refractivity contribution is 0.0568. The number of aliphatic hydroxyl groups is 1. The molecule has 0 aromatic heterocycles. The summed E-state index contributed by atoms with van der Waals surface area (Å²) in [6.45, 7) is 1.45. The highest BCUT2D eigenvalue weighted by atomic mass is 32.2. The van der Waals surface area contributed by atoms with Crippen LogP contribution in [0.15, 0.2) is 23.1 Å². The van der Waals surface area contributed by atoms with Crippen LogP contribution in [0.2, 0.25) is 0 Å². The van der Waals surface area contributed by atoms with Crippen molar-refractivity contribution in [2.75, 3.05) is 26.9 Å². The van der Waals surface area contributed by atoms with E-state index in [1.54, 1.807) is 12.1 Å². The molecule has 1 unspecified atom stereocenters. The summed E-state index contributed by atoms with van der Waals surface area (Å²) in [5.41, 5.74) is 0.525. The second-order valence-electron chi connectivity index (χ2n) is 5.08. The van der Waals surface area contributed by atoms with Crippen LogP contribution in [0.1, 0.15) is 18.4 Å². The van der Waals surface area contributed by atoms with E-state index in [-0.39, 0.29) is 23.2 Å². The van der Waals surface area contributed by atoms with E-state index < -0.39 is 10.0 Å². The Kier molecular flexibility index (Phi) is 5.58. The highest BCUT2D eigenvalue weighted by Crippen LogP contribution is 2.25. The Morgan fingerprint density at radius 3 is 2.90 bits per heavy atom. The van der Waals surface area contributed by atoms with E-state index >= 15 is 0 Å². The number of hydrogen-bond donors (Lipinski definition) is 2. The van der Waals surface area contributed by atoms with Gasteiger partial charge in [0.25, 0.3) is 0 Å². The smallest absolute Gasteiger partial charge is 0.244 e. The van der Waals surface area contributed by atoms with Crippen LogP contribution in [0.25, 0.3) is 0 Å². The largest absolute Gasteiger partial charge is 0.495 e. The van der Waals surface area contributed by atoms with Crippen molar-refractivity contribution in [1.82, 2.24) is 4.72 Å². The van der Waals surface area contributed by atoms with Crippen LogP contribution in [-0.4, -0.2) is 40.4 Å². The molecule has 7 heteroatoms. The Bertz CT molecular complexity index is 567. The van der Waals surface area contributed by atoms with E-state index in [1.807, 2.05) is 0 Å². The summed E-state index contributed by atoms with van der Waals surface area (Å²) < 4.78 is 37.9. The van der Waals surface area contributed by atoms with Gasteiger partial charge in [-0.15, -0.1) is 0 Å². The fourth-order valence-electron chi connectivity index (χ4n) is 2.30. The lowest BCUT2D eigenvalue weighted by Crippen LogP contribution is -2.33. The summed E-state index contributed by atoms with van der Waals surface area (Å²) in [7, 11) is -2.26. The molecule has 0 spiro atoms. The van der Waals surface area contributed by atoms with Gasteiger partial charge >= 0.3 is 0 Å². The number of ether oxygens (including phenoxy) is 2. The van der Waals surface area contributed by atoms with Crippen molar-refractivity contribution in [2.45, 2.75) is 24.3 Å². The van der Waals surface area contributed by atoms with Crippen molar-refractivity contribution in [3.8, 4) is 5.75 Å². The van der Waals surface area contributed by atoms with Gasteiger partial charge in [-0.05, 0) is 36.5 Å². The molecule has 0 aliphatic carbocycles. The van der Waals surface area contributed by atoms with Crippen LogP contribution in [0.4, 0.5) is 0 Å². The monoisotopic (exact) mass is 315 g/mol. The molecular formula is C14H21NO5S. The molecule has 118 valence electrons. The highest BCUT2D eigenvalue weighted by Gasteiger charge is 2.22. The van der Waals surface area contributed by atoms with Gasteiger partial charge in [0.2, 0.25) is 10.0 Å². The summed E-state index contributed by atoms with van der Waals surface area (Å²) >= 11 is 0. The van der Waals surface area contributed by atoms with Crippen LogP contribution >= 0.6 is 0 Å². The van der Waals surface area contributed by atoms with Gasteiger partial charge in [-0.3, -0.25) is 0 Å². The molecular weight excluding hydrogens is 294 g/mol. The number of hydrogen-bond acceptors (Lipinski definition) is 5. The molecule has 0 saturated carbocycles. The zero-order valence-electron chi connectivity index (χ0n) is 12.0. The average Bonchev–Trinajstić information content (AvgIpc) is 2.53. The minimum atomic E-state index is -3.68. The van der Waals surface area contributed by atoms with Crippen LogP contribution in [0.5, 0.6) is 5.75 Å². The van der Waals surface area contributed by atoms with Gasteiger partial charge in [0.1, 0.15) is 10.6 Å². The standard InChI is InChI=1S/C14H21NO5S/c1-19-13-5-4-11(9-16)7-14(13)21(17,18)15-8-12-3-2-6-20-10-12/h4-5,7,12,15-16H,2-3,6,8-10H2,1H3.